The number of amides is 1. The first-order valence-electron chi connectivity index (χ1n) is 11.2. The molecule has 174 valence electrons. The van der Waals surface area contributed by atoms with Crippen LogP contribution in [0.2, 0.25) is 0 Å². The smallest absolute Gasteiger partial charge is 0.241 e. The molecule has 5 rings (SSSR count). The van der Waals surface area contributed by atoms with Gasteiger partial charge in [0.25, 0.3) is 0 Å². The number of rotatable bonds is 9. The number of sulfonamides is 1. The normalized spacial score (nSPS) is 14.6. The highest BCUT2D eigenvalue weighted by Gasteiger charge is 2.30. The number of carbonyl (C=O) groups is 1. The van der Waals surface area contributed by atoms with Crippen LogP contribution < -0.4 is 14.8 Å². The predicted octanol–water partition coefficient (Wildman–Crippen LogP) is 4.13. The Morgan fingerprint density at radius 1 is 0.971 bits per heavy atom. The number of aromatic amines is 1. The molecule has 34 heavy (non-hydrogen) atoms. The van der Waals surface area contributed by atoms with Crippen molar-refractivity contribution in [2.24, 2.45) is 0 Å². The van der Waals surface area contributed by atoms with Gasteiger partial charge in [-0.2, -0.15) is 4.72 Å². The summed E-state index contributed by atoms with van der Waals surface area (Å²) in [5.74, 6) is 0.858. The fourth-order valence-corrected chi connectivity index (χ4v) is 4.94. The summed E-state index contributed by atoms with van der Waals surface area (Å²) in [6.07, 6.45) is 3.97. The Morgan fingerprint density at radius 3 is 2.44 bits per heavy atom. The molecule has 0 spiro atoms. The van der Waals surface area contributed by atoms with Gasteiger partial charge in [0.2, 0.25) is 15.9 Å². The molecule has 4 aromatic rings. The molecular weight excluding hydrogens is 450 g/mol. The number of aromatic nitrogens is 1. The lowest BCUT2D eigenvalue weighted by Crippen LogP contribution is -2.48. The SMILES string of the molecule is O=C(NC1CC1)[C@H](Cc1ccccc1)NS(=O)(=O)c1ccc(Oc2ccc3[nH]ccc3c2)cc1. The third-order valence-electron chi connectivity index (χ3n) is 5.71. The van der Waals surface area contributed by atoms with E-state index in [4.69, 9.17) is 4.74 Å². The first-order valence-corrected chi connectivity index (χ1v) is 12.7. The number of ether oxygens (including phenoxy) is 1. The largest absolute Gasteiger partial charge is 0.457 e. The topological polar surface area (TPSA) is 100 Å². The fraction of sp³-hybridized carbons (Fsp3) is 0.192. The van der Waals surface area contributed by atoms with Gasteiger partial charge in [-0.15, -0.1) is 0 Å². The molecule has 0 bridgehead atoms. The van der Waals surface area contributed by atoms with Crippen LogP contribution in [0.15, 0.2) is 90.0 Å². The number of fused-ring (bicyclic) bond motifs is 1. The zero-order chi connectivity index (χ0) is 23.5. The van der Waals surface area contributed by atoms with Crippen LogP contribution in [0.4, 0.5) is 0 Å². The van der Waals surface area contributed by atoms with E-state index in [1.165, 1.54) is 12.1 Å². The van der Waals surface area contributed by atoms with Gasteiger partial charge in [-0.05, 0) is 73.4 Å². The highest BCUT2D eigenvalue weighted by Crippen LogP contribution is 2.26. The summed E-state index contributed by atoms with van der Waals surface area (Å²) in [5, 5.41) is 3.93. The van der Waals surface area contributed by atoms with Gasteiger partial charge >= 0.3 is 0 Å². The second-order valence-corrected chi connectivity index (χ2v) is 10.2. The maximum Gasteiger partial charge on any atom is 0.241 e. The van der Waals surface area contributed by atoms with E-state index < -0.39 is 16.1 Å². The molecule has 1 aliphatic carbocycles. The Bertz CT molecular complexity index is 1400. The predicted molar refractivity (Wildman–Crippen MR) is 130 cm³/mol. The monoisotopic (exact) mass is 475 g/mol. The van der Waals surface area contributed by atoms with Gasteiger partial charge in [0.05, 0.1) is 4.90 Å². The quantitative estimate of drug-likeness (QED) is 0.339. The Balaban J connectivity index is 1.30. The van der Waals surface area contributed by atoms with E-state index in [-0.39, 0.29) is 23.3 Å². The highest BCUT2D eigenvalue weighted by molar-refractivity contribution is 7.89. The molecular formula is C26H25N3O4S. The molecule has 0 unspecified atom stereocenters. The average Bonchev–Trinajstić information content (AvgIpc) is 3.52. The van der Waals surface area contributed by atoms with Gasteiger partial charge in [-0.1, -0.05) is 30.3 Å². The van der Waals surface area contributed by atoms with Crippen molar-refractivity contribution >= 4 is 26.8 Å². The molecule has 0 saturated heterocycles. The van der Waals surface area contributed by atoms with Crippen molar-refractivity contribution in [2.45, 2.75) is 36.2 Å². The van der Waals surface area contributed by atoms with Gasteiger partial charge in [0.1, 0.15) is 17.5 Å². The molecule has 8 heteroatoms. The van der Waals surface area contributed by atoms with Crippen LogP contribution in [0.1, 0.15) is 18.4 Å². The molecule has 0 radical (unpaired) electrons. The minimum absolute atomic E-state index is 0.0678. The molecule has 1 heterocycles. The van der Waals surface area contributed by atoms with Crippen molar-refractivity contribution in [3.63, 3.8) is 0 Å². The molecule has 1 saturated carbocycles. The third kappa shape index (κ3) is 5.30. The minimum Gasteiger partial charge on any atom is -0.457 e. The second kappa shape index (κ2) is 9.32. The van der Waals surface area contributed by atoms with E-state index in [0.29, 0.717) is 11.5 Å². The number of benzene rings is 3. The van der Waals surface area contributed by atoms with Crippen LogP contribution in [0.25, 0.3) is 10.9 Å². The fourth-order valence-electron chi connectivity index (χ4n) is 3.74. The maximum atomic E-state index is 13.1. The van der Waals surface area contributed by atoms with Crippen molar-refractivity contribution in [3.05, 3.63) is 90.6 Å². The van der Waals surface area contributed by atoms with Gasteiger partial charge in [-0.3, -0.25) is 4.79 Å². The first-order chi connectivity index (χ1) is 16.5. The van der Waals surface area contributed by atoms with E-state index in [0.717, 1.165) is 29.3 Å². The maximum absolute atomic E-state index is 13.1. The van der Waals surface area contributed by atoms with Crippen LogP contribution in [-0.4, -0.2) is 31.4 Å². The van der Waals surface area contributed by atoms with Crippen LogP contribution >= 0.6 is 0 Å². The highest BCUT2D eigenvalue weighted by atomic mass is 32.2. The molecule has 3 N–H and O–H groups in total. The zero-order valence-electron chi connectivity index (χ0n) is 18.4. The van der Waals surface area contributed by atoms with Crippen LogP contribution in [-0.2, 0) is 21.2 Å². The Morgan fingerprint density at radius 2 is 1.71 bits per heavy atom. The number of nitrogens with one attached hydrogen (secondary N) is 3. The summed E-state index contributed by atoms with van der Waals surface area (Å²) >= 11 is 0. The summed E-state index contributed by atoms with van der Waals surface area (Å²) in [5.41, 5.74) is 1.89. The van der Waals surface area contributed by atoms with Crippen molar-refractivity contribution in [2.75, 3.05) is 0 Å². The second-order valence-electron chi connectivity index (χ2n) is 8.45. The van der Waals surface area contributed by atoms with E-state index >= 15 is 0 Å². The van der Waals surface area contributed by atoms with E-state index in [2.05, 4.69) is 15.0 Å². The number of hydrogen-bond acceptors (Lipinski definition) is 4. The van der Waals surface area contributed by atoms with Gasteiger partial charge in [0.15, 0.2) is 0 Å². The Labute approximate surface area is 198 Å². The number of hydrogen-bond donors (Lipinski definition) is 3. The van der Waals surface area contributed by atoms with Crippen molar-refractivity contribution < 1.29 is 17.9 Å². The van der Waals surface area contributed by atoms with Gasteiger partial charge in [-0.25, -0.2) is 8.42 Å². The van der Waals surface area contributed by atoms with E-state index in [1.807, 2.05) is 60.8 Å². The van der Waals surface area contributed by atoms with Crippen LogP contribution in [0.5, 0.6) is 11.5 Å². The molecule has 1 atom stereocenters. The molecule has 1 aliphatic rings. The summed E-state index contributed by atoms with van der Waals surface area (Å²) in [4.78, 5) is 16.0. The minimum atomic E-state index is -3.92. The molecule has 0 aliphatic heterocycles. The molecule has 1 fully saturated rings. The lowest BCUT2D eigenvalue weighted by Gasteiger charge is -2.19. The first kappa shape index (κ1) is 22.2. The van der Waals surface area contributed by atoms with Crippen molar-refractivity contribution in [3.8, 4) is 11.5 Å². The van der Waals surface area contributed by atoms with Crippen LogP contribution in [0.3, 0.4) is 0 Å². The standard InChI is InChI=1S/C26H25N3O4S/c30-26(28-20-6-7-20)25(16-18-4-2-1-3-5-18)29-34(31,32)23-11-8-21(9-12-23)33-22-10-13-24-19(17-22)14-15-27-24/h1-5,8-15,17,20,25,27,29H,6-7,16H2,(H,28,30)/t25-/m0/s1. The van der Waals surface area contributed by atoms with Gasteiger partial charge < -0.3 is 15.0 Å². The van der Waals surface area contributed by atoms with Crippen LogP contribution in [0, 0.1) is 0 Å². The third-order valence-corrected chi connectivity index (χ3v) is 7.20. The molecule has 7 nitrogen and oxygen atoms in total. The Kier molecular flexibility index (Phi) is 6.08. The number of H-pyrrole nitrogens is 1. The number of carbonyl (C=O) groups excluding carboxylic acids is 1. The van der Waals surface area contributed by atoms with Gasteiger partial charge in [0, 0.05) is 23.1 Å². The summed E-state index contributed by atoms with van der Waals surface area (Å²) < 4.78 is 34.7. The van der Waals surface area contributed by atoms with Crippen molar-refractivity contribution in [1.82, 2.24) is 15.0 Å². The van der Waals surface area contributed by atoms with E-state index in [1.54, 1.807) is 12.1 Å². The Hall–Kier alpha value is -3.62. The average molecular weight is 476 g/mol. The lowest BCUT2D eigenvalue weighted by atomic mass is 10.1. The lowest BCUT2D eigenvalue weighted by molar-refractivity contribution is -0.122. The molecule has 3 aromatic carbocycles. The summed E-state index contributed by atoms with van der Waals surface area (Å²) in [6, 6.07) is 22.4. The van der Waals surface area contributed by atoms with E-state index in [9.17, 15) is 13.2 Å². The summed E-state index contributed by atoms with van der Waals surface area (Å²) in [6.45, 7) is 0. The van der Waals surface area contributed by atoms with Crippen molar-refractivity contribution in [1.29, 1.82) is 0 Å². The molecule has 1 amide bonds. The zero-order valence-corrected chi connectivity index (χ0v) is 19.2. The molecule has 1 aromatic heterocycles. The summed E-state index contributed by atoms with van der Waals surface area (Å²) in [7, 11) is -3.92.